The molecule has 0 saturated heterocycles. The topological polar surface area (TPSA) is 32.0 Å². The van der Waals surface area contributed by atoms with Gasteiger partial charge in [0.25, 0.3) is 0 Å². The SMILES string of the molecule is CC(C)Oc1cccc2c1ccn2Cc1cnn(C)c1. The zero-order valence-corrected chi connectivity index (χ0v) is 12.1. The zero-order valence-electron chi connectivity index (χ0n) is 12.1. The molecule has 0 radical (unpaired) electrons. The molecule has 0 atom stereocenters. The molecule has 0 bridgehead atoms. The van der Waals surface area contributed by atoms with Gasteiger partial charge in [-0.1, -0.05) is 6.07 Å². The molecule has 0 spiro atoms. The Morgan fingerprint density at radius 1 is 1.25 bits per heavy atom. The number of hydrogen-bond acceptors (Lipinski definition) is 2. The summed E-state index contributed by atoms with van der Waals surface area (Å²) in [7, 11) is 1.94. The third-order valence-corrected chi connectivity index (χ3v) is 3.25. The van der Waals surface area contributed by atoms with Gasteiger partial charge in [-0.3, -0.25) is 4.68 Å². The molecule has 104 valence electrons. The minimum absolute atomic E-state index is 0.183. The summed E-state index contributed by atoms with van der Waals surface area (Å²) >= 11 is 0. The van der Waals surface area contributed by atoms with E-state index in [-0.39, 0.29) is 6.10 Å². The van der Waals surface area contributed by atoms with Crippen LogP contribution in [0.5, 0.6) is 5.75 Å². The lowest BCUT2D eigenvalue weighted by Gasteiger charge is -2.11. The van der Waals surface area contributed by atoms with E-state index in [0.29, 0.717) is 0 Å². The lowest BCUT2D eigenvalue weighted by molar-refractivity contribution is 0.245. The minimum atomic E-state index is 0.183. The molecule has 4 heteroatoms. The van der Waals surface area contributed by atoms with E-state index in [4.69, 9.17) is 4.74 Å². The lowest BCUT2D eigenvalue weighted by atomic mass is 10.2. The van der Waals surface area contributed by atoms with Crippen LogP contribution in [0.15, 0.2) is 42.9 Å². The average molecular weight is 269 g/mol. The van der Waals surface area contributed by atoms with Crippen molar-refractivity contribution < 1.29 is 4.74 Å². The summed E-state index contributed by atoms with van der Waals surface area (Å²) in [6.07, 6.45) is 6.23. The maximum absolute atomic E-state index is 5.87. The molecule has 1 aromatic carbocycles. The van der Waals surface area contributed by atoms with Gasteiger partial charge in [0.1, 0.15) is 5.75 Å². The van der Waals surface area contributed by atoms with Crippen molar-refractivity contribution in [3.8, 4) is 5.75 Å². The molecule has 2 heterocycles. The van der Waals surface area contributed by atoms with Crippen LogP contribution in [-0.2, 0) is 13.6 Å². The minimum Gasteiger partial charge on any atom is -0.490 e. The van der Waals surface area contributed by atoms with Gasteiger partial charge >= 0.3 is 0 Å². The fourth-order valence-corrected chi connectivity index (χ4v) is 2.44. The molecular formula is C16H19N3O. The molecule has 20 heavy (non-hydrogen) atoms. The second-order valence-corrected chi connectivity index (χ2v) is 5.32. The highest BCUT2D eigenvalue weighted by molar-refractivity contribution is 5.86. The van der Waals surface area contributed by atoms with Gasteiger partial charge in [0, 0.05) is 30.4 Å². The molecule has 0 aliphatic rings. The molecule has 4 nitrogen and oxygen atoms in total. The van der Waals surface area contributed by atoms with E-state index in [1.54, 1.807) is 0 Å². The zero-order chi connectivity index (χ0) is 14.1. The molecule has 0 fully saturated rings. The van der Waals surface area contributed by atoms with Crippen LogP contribution in [0.2, 0.25) is 0 Å². The summed E-state index contributed by atoms with van der Waals surface area (Å²) in [5.74, 6) is 0.947. The second kappa shape index (κ2) is 5.04. The predicted molar refractivity (Wildman–Crippen MR) is 80.0 cm³/mol. The van der Waals surface area contributed by atoms with E-state index in [9.17, 15) is 0 Å². The van der Waals surface area contributed by atoms with Crippen molar-refractivity contribution in [2.24, 2.45) is 7.05 Å². The van der Waals surface area contributed by atoms with Crippen molar-refractivity contribution in [2.75, 3.05) is 0 Å². The lowest BCUT2D eigenvalue weighted by Crippen LogP contribution is -2.05. The van der Waals surface area contributed by atoms with Crippen LogP contribution in [0.4, 0.5) is 0 Å². The highest BCUT2D eigenvalue weighted by atomic mass is 16.5. The third-order valence-electron chi connectivity index (χ3n) is 3.25. The molecule has 2 aromatic heterocycles. The first-order valence-electron chi connectivity index (χ1n) is 6.85. The fraction of sp³-hybridized carbons (Fsp3) is 0.312. The van der Waals surface area contributed by atoms with Crippen LogP contribution in [0, 0.1) is 0 Å². The molecule has 0 unspecified atom stereocenters. The number of fused-ring (bicyclic) bond motifs is 1. The summed E-state index contributed by atoms with van der Waals surface area (Å²) in [4.78, 5) is 0. The van der Waals surface area contributed by atoms with Crippen LogP contribution in [-0.4, -0.2) is 20.5 Å². The van der Waals surface area contributed by atoms with Gasteiger partial charge in [0.05, 0.1) is 24.4 Å². The number of rotatable bonds is 4. The van der Waals surface area contributed by atoms with Crippen molar-refractivity contribution in [1.29, 1.82) is 0 Å². The Hall–Kier alpha value is -2.23. The van der Waals surface area contributed by atoms with E-state index in [0.717, 1.165) is 17.7 Å². The van der Waals surface area contributed by atoms with Crippen molar-refractivity contribution in [3.63, 3.8) is 0 Å². The van der Waals surface area contributed by atoms with Crippen LogP contribution < -0.4 is 4.74 Å². The highest BCUT2D eigenvalue weighted by Gasteiger charge is 2.08. The van der Waals surface area contributed by atoms with E-state index in [2.05, 4.69) is 28.0 Å². The Kier molecular flexibility index (Phi) is 3.22. The molecule has 3 aromatic rings. The molecule has 0 aliphatic carbocycles. The largest absolute Gasteiger partial charge is 0.490 e. The number of hydrogen-bond donors (Lipinski definition) is 0. The number of benzene rings is 1. The Labute approximate surface area is 118 Å². The number of ether oxygens (including phenoxy) is 1. The maximum atomic E-state index is 5.87. The first-order valence-corrected chi connectivity index (χ1v) is 6.85. The van der Waals surface area contributed by atoms with Gasteiger partial charge in [0.15, 0.2) is 0 Å². The molecular weight excluding hydrogens is 250 g/mol. The molecule has 0 aliphatic heterocycles. The predicted octanol–water partition coefficient (Wildman–Crippen LogP) is 3.21. The normalized spacial score (nSPS) is 11.4. The van der Waals surface area contributed by atoms with Crippen molar-refractivity contribution >= 4 is 10.9 Å². The van der Waals surface area contributed by atoms with Crippen LogP contribution in [0.3, 0.4) is 0 Å². The summed E-state index contributed by atoms with van der Waals surface area (Å²) in [5, 5.41) is 5.37. The van der Waals surface area contributed by atoms with E-state index < -0.39 is 0 Å². The van der Waals surface area contributed by atoms with Gasteiger partial charge < -0.3 is 9.30 Å². The van der Waals surface area contributed by atoms with Gasteiger partial charge in [0.2, 0.25) is 0 Å². The smallest absolute Gasteiger partial charge is 0.129 e. The van der Waals surface area contributed by atoms with Crippen LogP contribution in [0.1, 0.15) is 19.4 Å². The van der Waals surface area contributed by atoms with Crippen molar-refractivity contribution in [2.45, 2.75) is 26.5 Å². The van der Waals surface area contributed by atoms with E-state index >= 15 is 0 Å². The Bertz CT molecular complexity index is 724. The quantitative estimate of drug-likeness (QED) is 0.728. The number of nitrogens with zero attached hydrogens (tertiary/aromatic N) is 3. The first-order chi connectivity index (χ1) is 9.63. The van der Waals surface area contributed by atoms with Gasteiger partial charge in [-0.05, 0) is 32.0 Å². The highest BCUT2D eigenvalue weighted by Crippen LogP contribution is 2.27. The fourth-order valence-electron chi connectivity index (χ4n) is 2.44. The third kappa shape index (κ3) is 2.41. The first kappa shape index (κ1) is 12.8. The summed E-state index contributed by atoms with van der Waals surface area (Å²) in [6, 6.07) is 8.30. The van der Waals surface area contributed by atoms with Crippen LogP contribution >= 0.6 is 0 Å². The van der Waals surface area contributed by atoms with Crippen LogP contribution in [0.25, 0.3) is 10.9 Å². The average Bonchev–Trinajstić information content (AvgIpc) is 2.97. The standard InChI is InChI=1S/C16H19N3O/c1-12(2)20-16-6-4-5-15-14(16)7-8-19(15)11-13-9-17-18(3)10-13/h4-10,12H,11H2,1-3H3. The number of aromatic nitrogens is 3. The Morgan fingerprint density at radius 2 is 2.10 bits per heavy atom. The molecule has 3 rings (SSSR count). The Balaban J connectivity index is 1.97. The van der Waals surface area contributed by atoms with E-state index in [1.807, 2.05) is 50.1 Å². The van der Waals surface area contributed by atoms with Gasteiger partial charge in [-0.2, -0.15) is 5.10 Å². The van der Waals surface area contributed by atoms with Gasteiger partial charge in [-0.15, -0.1) is 0 Å². The van der Waals surface area contributed by atoms with Crippen molar-refractivity contribution in [1.82, 2.24) is 14.3 Å². The summed E-state index contributed by atoms with van der Waals surface area (Å²) in [5.41, 5.74) is 2.38. The van der Waals surface area contributed by atoms with E-state index in [1.165, 1.54) is 11.1 Å². The van der Waals surface area contributed by atoms with Gasteiger partial charge in [-0.25, -0.2) is 0 Å². The molecule has 0 amide bonds. The number of aryl methyl sites for hydroxylation is 1. The molecule has 0 saturated carbocycles. The summed E-state index contributed by atoms with van der Waals surface area (Å²) < 4.78 is 9.91. The second-order valence-electron chi connectivity index (χ2n) is 5.32. The maximum Gasteiger partial charge on any atom is 0.129 e. The molecule has 0 N–H and O–H groups in total. The monoisotopic (exact) mass is 269 g/mol. The Morgan fingerprint density at radius 3 is 2.80 bits per heavy atom. The summed E-state index contributed by atoms with van der Waals surface area (Å²) in [6.45, 7) is 4.92. The van der Waals surface area contributed by atoms with Crippen molar-refractivity contribution in [3.05, 3.63) is 48.4 Å².